The molecule has 2 aromatic heterocycles. The average molecular weight is 436 g/mol. The van der Waals surface area contributed by atoms with E-state index in [0.29, 0.717) is 17.2 Å². The van der Waals surface area contributed by atoms with E-state index in [1.165, 1.54) is 24.1 Å². The molecule has 1 saturated heterocycles. The number of aryl methyl sites for hydroxylation is 2. The number of rotatable bonds is 5. The van der Waals surface area contributed by atoms with Crippen molar-refractivity contribution in [3.8, 4) is 11.5 Å². The number of hydrogen-bond acceptors (Lipinski definition) is 6. The van der Waals surface area contributed by atoms with Gasteiger partial charge in [0.15, 0.2) is 5.82 Å². The number of ether oxygens (including phenoxy) is 2. The van der Waals surface area contributed by atoms with Gasteiger partial charge in [-0.05, 0) is 50.7 Å². The molecule has 1 N–H and O–H groups in total. The quantitative estimate of drug-likeness (QED) is 0.661. The molecule has 2 aliphatic rings. The molecule has 1 aliphatic heterocycles. The monoisotopic (exact) mass is 435 g/mol. The molecule has 0 saturated carbocycles. The highest BCUT2D eigenvalue weighted by atomic mass is 16.5. The summed E-state index contributed by atoms with van der Waals surface area (Å²) in [5.74, 6) is 2.26. The van der Waals surface area contributed by atoms with E-state index in [1.807, 2.05) is 23.0 Å². The summed E-state index contributed by atoms with van der Waals surface area (Å²) in [6.45, 7) is 1.58. The average Bonchev–Trinajstić information content (AvgIpc) is 3.23. The molecule has 3 aromatic rings. The van der Waals surface area contributed by atoms with Gasteiger partial charge < -0.3 is 19.7 Å². The van der Waals surface area contributed by atoms with Crippen molar-refractivity contribution in [3.05, 3.63) is 41.9 Å². The molecule has 1 aliphatic carbocycles. The minimum Gasteiger partial charge on any atom is -0.497 e. The van der Waals surface area contributed by atoms with Gasteiger partial charge in [-0.15, -0.1) is 0 Å². The van der Waals surface area contributed by atoms with Crippen molar-refractivity contribution >= 4 is 22.9 Å². The van der Waals surface area contributed by atoms with Crippen LogP contribution in [0.15, 0.2) is 30.6 Å². The Morgan fingerprint density at radius 3 is 2.72 bits per heavy atom. The summed E-state index contributed by atoms with van der Waals surface area (Å²) in [4.78, 5) is 20.0. The molecule has 5 rings (SSSR count). The molecule has 168 valence electrons. The lowest BCUT2D eigenvalue weighted by atomic mass is 9.94. The molecule has 1 amide bonds. The molecule has 0 bridgehead atoms. The Morgan fingerprint density at radius 1 is 1.12 bits per heavy atom. The van der Waals surface area contributed by atoms with E-state index in [-0.39, 0.29) is 11.8 Å². The molecule has 8 nitrogen and oxygen atoms in total. The number of hydrogen-bond donors (Lipinski definition) is 1. The summed E-state index contributed by atoms with van der Waals surface area (Å²) in [5.41, 5.74) is 4.35. The lowest BCUT2D eigenvalue weighted by Gasteiger charge is -2.32. The molecule has 0 atom stereocenters. The number of benzene rings is 1. The summed E-state index contributed by atoms with van der Waals surface area (Å²) in [6, 6.07) is 5.41. The van der Waals surface area contributed by atoms with Crippen LogP contribution in [0.3, 0.4) is 0 Å². The maximum Gasteiger partial charge on any atom is 0.227 e. The number of piperidine rings is 1. The van der Waals surface area contributed by atoms with Crippen LogP contribution in [0.5, 0.6) is 11.5 Å². The van der Waals surface area contributed by atoms with Gasteiger partial charge >= 0.3 is 0 Å². The SMILES string of the molecule is COc1ccc(OC)c(NC(=O)C2CCN(c3nccn4nc5c(c34)CCCC5)CC2)c1. The second-order valence-corrected chi connectivity index (χ2v) is 8.49. The maximum absolute atomic E-state index is 13.0. The third-order valence-electron chi connectivity index (χ3n) is 6.63. The zero-order valence-corrected chi connectivity index (χ0v) is 18.6. The van der Waals surface area contributed by atoms with Crippen molar-refractivity contribution in [3.63, 3.8) is 0 Å². The van der Waals surface area contributed by atoms with Gasteiger partial charge in [-0.3, -0.25) is 4.79 Å². The molecule has 3 heterocycles. The molecule has 32 heavy (non-hydrogen) atoms. The summed E-state index contributed by atoms with van der Waals surface area (Å²) >= 11 is 0. The maximum atomic E-state index is 13.0. The van der Waals surface area contributed by atoms with Crippen LogP contribution in [0.4, 0.5) is 11.5 Å². The third kappa shape index (κ3) is 3.74. The Labute approximate surface area is 187 Å². The zero-order chi connectivity index (χ0) is 22.1. The number of amides is 1. The van der Waals surface area contributed by atoms with Crippen LogP contribution in [-0.4, -0.2) is 47.8 Å². The molecular weight excluding hydrogens is 406 g/mol. The van der Waals surface area contributed by atoms with Crippen LogP contribution in [0.1, 0.15) is 36.9 Å². The number of carbonyl (C=O) groups excluding carboxylic acids is 1. The fraction of sp³-hybridized carbons (Fsp3) is 0.458. The van der Waals surface area contributed by atoms with Crippen molar-refractivity contribution in [2.24, 2.45) is 5.92 Å². The highest BCUT2D eigenvalue weighted by Crippen LogP contribution is 2.33. The van der Waals surface area contributed by atoms with E-state index >= 15 is 0 Å². The van der Waals surface area contributed by atoms with Crippen molar-refractivity contribution in [1.82, 2.24) is 14.6 Å². The number of aromatic nitrogens is 3. The van der Waals surface area contributed by atoms with Gasteiger partial charge in [-0.2, -0.15) is 5.10 Å². The molecule has 8 heteroatoms. The van der Waals surface area contributed by atoms with Crippen molar-refractivity contribution in [2.75, 3.05) is 37.5 Å². The van der Waals surface area contributed by atoms with Gasteiger partial charge in [0, 0.05) is 43.0 Å². The summed E-state index contributed by atoms with van der Waals surface area (Å²) in [7, 11) is 3.20. The van der Waals surface area contributed by atoms with Gasteiger partial charge in [0.1, 0.15) is 17.0 Å². The normalized spacial score (nSPS) is 16.6. The first kappa shape index (κ1) is 20.6. The Morgan fingerprint density at radius 2 is 1.94 bits per heavy atom. The highest BCUT2D eigenvalue weighted by Gasteiger charge is 2.29. The van der Waals surface area contributed by atoms with E-state index < -0.39 is 0 Å². The second-order valence-electron chi connectivity index (χ2n) is 8.49. The fourth-order valence-corrected chi connectivity index (χ4v) is 4.88. The zero-order valence-electron chi connectivity index (χ0n) is 18.6. The summed E-state index contributed by atoms with van der Waals surface area (Å²) in [6.07, 6.45) is 9.85. The molecule has 0 unspecified atom stereocenters. The summed E-state index contributed by atoms with van der Waals surface area (Å²) in [5, 5.41) is 7.83. The van der Waals surface area contributed by atoms with Crippen molar-refractivity contribution < 1.29 is 14.3 Å². The first-order valence-corrected chi connectivity index (χ1v) is 11.3. The number of methoxy groups -OCH3 is 2. The van der Waals surface area contributed by atoms with Gasteiger partial charge in [0.25, 0.3) is 0 Å². The topological polar surface area (TPSA) is 81.0 Å². The smallest absolute Gasteiger partial charge is 0.227 e. The van der Waals surface area contributed by atoms with Gasteiger partial charge in [0.05, 0.1) is 25.6 Å². The lowest BCUT2D eigenvalue weighted by molar-refractivity contribution is -0.120. The first-order valence-electron chi connectivity index (χ1n) is 11.3. The Hall–Kier alpha value is -3.29. The highest BCUT2D eigenvalue weighted by molar-refractivity contribution is 5.94. The molecular formula is C24H29N5O3. The number of nitrogens with one attached hydrogen (secondary N) is 1. The largest absolute Gasteiger partial charge is 0.497 e. The minimum atomic E-state index is -0.0549. The molecule has 1 aromatic carbocycles. The number of anilines is 2. The Kier molecular flexibility index (Phi) is 5.59. The van der Waals surface area contributed by atoms with E-state index in [0.717, 1.165) is 50.1 Å². The van der Waals surface area contributed by atoms with E-state index in [9.17, 15) is 4.79 Å². The molecule has 0 radical (unpaired) electrons. The van der Waals surface area contributed by atoms with E-state index in [2.05, 4.69) is 10.2 Å². The minimum absolute atomic E-state index is 0.0177. The van der Waals surface area contributed by atoms with Crippen LogP contribution in [0.25, 0.3) is 5.52 Å². The standard InChI is InChI=1S/C24H29N5O3/c1-31-17-7-8-21(32-2)20(15-17)26-24(30)16-9-12-28(13-10-16)23-22-18-5-3-4-6-19(18)27-29(22)14-11-25-23/h7-8,11,14-16H,3-6,9-10,12-13H2,1-2H3,(H,26,30). The van der Waals surface area contributed by atoms with E-state index in [4.69, 9.17) is 19.6 Å². The van der Waals surface area contributed by atoms with Crippen molar-refractivity contribution in [1.29, 1.82) is 0 Å². The van der Waals surface area contributed by atoms with Gasteiger partial charge in [0.2, 0.25) is 5.91 Å². The van der Waals surface area contributed by atoms with Gasteiger partial charge in [-0.25, -0.2) is 9.50 Å². The van der Waals surface area contributed by atoms with Gasteiger partial charge in [-0.1, -0.05) is 0 Å². The van der Waals surface area contributed by atoms with Crippen LogP contribution < -0.4 is 19.7 Å². The second kappa shape index (κ2) is 8.68. The lowest BCUT2D eigenvalue weighted by Crippen LogP contribution is -2.38. The Bertz CT molecular complexity index is 1130. The molecule has 1 fully saturated rings. The van der Waals surface area contributed by atoms with E-state index in [1.54, 1.807) is 26.4 Å². The van der Waals surface area contributed by atoms with Crippen LogP contribution in [0, 0.1) is 5.92 Å². The number of fused-ring (bicyclic) bond motifs is 3. The third-order valence-corrected chi connectivity index (χ3v) is 6.63. The molecule has 0 spiro atoms. The number of carbonyl (C=O) groups is 1. The van der Waals surface area contributed by atoms with Crippen LogP contribution in [-0.2, 0) is 17.6 Å². The fourth-order valence-electron chi connectivity index (χ4n) is 4.88. The predicted octanol–water partition coefficient (Wildman–Crippen LogP) is 3.48. The van der Waals surface area contributed by atoms with Crippen molar-refractivity contribution in [2.45, 2.75) is 38.5 Å². The predicted molar refractivity (Wildman–Crippen MR) is 123 cm³/mol. The van der Waals surface area contributed by atoms with Crippen LogP contribution >= 0.6 is 0 Å². The van der Waals surface area contributed by atoms with Crippen LogP contribution in [0.2, 0.25) is 0 Å². The first-order chi connectivity index (χ1) is 15.7. The number of nitrogens with zero attached hydrogens (tertiary/aromatic N) is 4. The summed E-state index contributed by atoms with van der Waals surface area (Å²) < 4.78 is 12.7. The Balaban J connectivity index is 1.30.